The number of halogens is 1. The highest BCUT2D eigenvalue weighted by atomic mass is 79.9. The lowest BCUT2D eigenvalue weighted by Crippen LogP contribution is -2.46. The van der Waals surface area contributed by atoms with Crippen LogP contribution in [0.3, 0.4) is 0 Å². The Labute approximate surface area is 125 Å². The molecule has 3 rings (SSSR count). The zero-order valence-electron chi connectivity index (χ0n) is 11.9. The summed E-state index contributed by atoms with van der Waals surface area (Å²) >= 11 is 3.50. The average Bonchev–Trinajstić information content (AvgIpc) is 2.66. The molecule has 0 saturated heterocycles. The summed E-state index contributed by atoms with van der Waals surface area (Å²) in [5.41, 5.74) is 1.51. The second-order valence-corrected chi connectivity index (χ2v) is 7.52. The van der Waals surface area contributed by atoms with Gasteiger partial charge in [0.25, 0.3) is 0 Å². The third kappa shape index (κ3) is 2.90. The molecule has 1 N–H and O–H groups in total. The van der Waals surface area contributed by atoms with Gasteiger partial charge in [-0.2, -0.15) is 0 Å². The molecule has 2 aliphatic carbocycles. The topological polar surface area (TPSA) is 12.0 Å². The Kier molecular flexibility index (Phi) is 4.00. The van der Waals surface area contributed by atoms with Crippen molar-refractivity contribution in [1.82, 2.24) is 5.32 Å². The van der Waals surface area contributed by atoms with Crippen LogP contribution >= 0.6 is 15.9 Å². The number of hydrogen-bond donors (Lipinski definition) is 1. The lowest BCUT2D eigenvalue weighted by atomic mass is 9.75. The molecule has 104 valence electrons. The van der Waals surface area contributed by atoms with Crippen molar-refractivity contribution in [2.75, 3.05) is 0 Å². The van der Waals surface area contributed by atoms with Gasteiger partial charge in [-0.05, 0) is 61.1 Å². The van der Waals surface area contributed by atoms with E-state index in [0.29, 0.717) is 0 Å². The third-order valence-corrected chi connectivity index (χ3v) is 5.92. The van der Waals surface area contributed by atoms with Crippen molar-refractivity contribution in [3.8, 4) is 0 Å². The largest absolute Gasteiger partial charge is 0.311 e. The number of benzene rings is 1. The molecule has 2 heteroatoms. The van der Waals surface area contributed by atoms with Gasteiger partial charge >= 0.3 is 0 Å². The van der Waals surface area contributed by atoms with Crippen LogP contribution in [0.2, 0.25) is 0 Å². The van der Waals surface area contributed by atoms with Crippen molar-refractivity contribution in [3.63, 3.8) is 0 Å². The van der Waals surface area contributed by atoms with Gasteiger partial charge in [0.2, 0.25) is 0 Å². The molecule has 0 amide bonds. The van der Waals surface area contributed by atoms with Crippen molar-refractivity contribution >= 4 is 15.9 Å². The maximum absolute atomic E-state index is 3.90. The molecule has 1 nitrogen and oxygen atoms in total. The van der Waals surface area contributed by atoms with Crippen molar-refractivity contribution in [1.29, 1.82) is 0 Å². The quantitative estimate of drug-likeness (QED) is 0.849. The molecule has 2 saturated carbocycles. The van der Waals surface area contributed by atoms with Crippen LogP contribution < -0.4 is 5.32 Å². The second-order valence-electron chi connectivity index (χ2n) is 6.60. The first-order valence-corrected chi connectivity index (χ1v) is 8.44. The maximum atomic E-state index is 3.90. The molecule has 2 aliphatic rings. The van der Waals surface area contributed by atoms with E-state index in [4.69, 9.17) is 0 Å². The van der Waals surface area contributed by atoms with Crippen molar-refractivity contribution in [2.45, 2.75) is 57.5 Å². The van der Waals surface area contributed by atoms with Crippen LogP contribution in [0.15, 0.2) is 28.7 Å². The minimum atomic E-state index is 0.756. The fourth-order valence-corrected chi connectivity index (χ4v) is 3.93. The fourth-order valence-electron chi connectivity index (χ4n) is 3.66. The Morgan fingerprint density at radius 1 is 1.05 bits per heavy atom. The summed E-state index contributed by atoms with van der Waals surface area (Å²) in [4.78, 5) is 0. The van der Waals surface area contributed by atoms with E-state index in [1.807, 2.05) is 0 Å². The molecule has 1 aromatic carbocycles. The first-order valence-electron chi connectivity index (χ1n) is 7.65. The first-order chi connectivity index (χ1) is 9.13. The van der Waals surface area contributed by atoms with Crippen molar-refractivity contribution in [3.05, 3.63) is 34.3 Å². The highest BCUT2D eigenvalue weighted by Crippen LogP contribution is 2.39. The van der Waals surface area contributed by atoms with Gasteiger partial charge in [0.15, 0.2) is 0 Å². The van der Waals surface area contributed by atoms with Crippen LogP contribution in [0.1, 0.15) is 51.0 Å². The predicted molar refractivity (Wildman–Crippen MR) is 84.4 cm³/mol. The Morgan fingerprint density at radius 2 is 1.74 bits per heavy atom. The maximum Gasteiger partial charge on any atom is 0.0175 e. The van der Waals surface area contributed by atoms with Crippen molar-refractivity contribution < 1.29 is 0 Å². The highest BCUT2D eigenvalue weighted by Gasteiger charge is 2.36. The Hall–Kier alpha value is -0.340. The van der Waals surface area contributed by atoms with E-state index in [1.54, 1.807) is 0 Å². The lowest BCUT2D eigenvalue weighted by molar-refractivity contribution is 0.239. The average molecular weight is 322 g/mol. The molecule has 0 spiro atoms. The third-order valence-electron chi connectivity index (χ3n) is 5.39. The van der Waals surface area contributed by atoms with Crippen LogP contribution in [0.5, 0.6) is 0 Å². The summed E-state index contributed by atoms with van der Waals surface area (Å²) in [5.74, 6) is 2.53. The molecule has 0 bridgehead atoms. The summed E-state index contributed by atoms with van der Waals surface area (Å²) in [6.45, 7) is 4.82. The zero-order chi connectivity index (χ0) is 13.4. The van der Waals surface area contributed by atoms with Crippen LogP contribution in [-0.4, -0.2) is 12.1 Å². The number of hydrogen-bond acceptors (Lipinski definition) is 1. The van der Waals surface area contributed by atoms with E-state index >= 15 is 0 Å². The van der Waals surface area contributed by atoms with Crippen LogP contribution in [-0.2, 0) is 0 Å². The lowest BCUT2D eigenvalue weighted by Gasteiger charge is -2.39. The van der Waals surface area contributed by atoms with Gasteiger partial charge in [0.05, 0.1) is 0 Å². The molecule has 0 radical (unpaired) electrons. The minimum Gasteiger partial charge on any atom is -0.311 e. The van der Waals surface area contributed by atoms with Gasteiger partial charge in [0, 0.05) is 16.6 Å². The van der Waals surface area contributed by atoms with Gasteiger partial charge in [-0.3, -0.25) is 0 Å². The molecular formula is C17H24BrN. The Morgan fingerprint density at radius 3 is 2.32 bits per heavy atom. The van der Waals surface area contributed by atoms with Gasteiger partial charge in [-0.1, -0.05) is 41.9 Å². The van der Waals surface area contributed by atoms with Gasteiger partial charge in [-0.25, -0.2) is 0 Å². The van der Waals surface area contributed by atoms with E-state index in [2.05, 4.69) is 59.4 Å². The fraction of sp³-hybridized carbons (Fsp3) is 0.647. The summed E-state index contributed by atoms with van der Waals surface area (Å²) in [7, 11) is 0. The predicted octanol–water partition coefficient (Wildman–Crippen LogP) is 4.72. The summed E-state index contributed by atoms with van der Waals surface area (Å²) in [6, 6.07) is 10.4. The molecular weight excluding hydrogens is 298 g/mol. The molecule has 0 heterocycles. The zero-order valence-corrected chi connectivity index (χ0v) is 13.5. The summed E-state index contributed by atoms with van der Waals surface area (Å²) in [5, 5.41) is 3.90. The smallest absolute Gasteiger partial charge is 0.0175 e. The molecule has 0 aromatic heterocycles. The minimum absolute atomic E-state index is 0.756. The van der Waals surface area contributed by atoms with Crippen LogP contribution in [0.25, 0.3) is 0 Å². The Balaban J connectivity index is 1.49. The molecule has 0 aliphatic heterocycles. The van der Waals surface area contributed by atoms with E-state index in [0.717, 1.165) is 29.8 Å². The Bertz CT molecular complexity index is 421. The van der Waals surface area contributed by atoms with Crippen molar-refractivity contribution in [2.24, 2.45) is 11.8 Å². The molecule has 1 aromatic rings. The highest BCUT2D eigenvalue weighted by molar-refractivity contribution is 9.10. The standard InChI is InChI=1S/C17H24BrN/c1-11-3-8-17(12(11)2)19-16-9-14(10-16)13-4-6-15(18)7-5-13/h4-7,11-12,14,16-17,19H,3,8-10H2,1-2H3. The summed E-state index contributed by atoms with van der Waals surface area (Å²) in [6.07, 6.45) is 5.42. The first kappa shape index (κ1) is 13.6. The van der Waals surface area contributed by atoms with E-state index in [9.17, 15) is 0 Å². The van der Waals surface area contributed by atoms with E-state index in [-0.39, 0.29) is 0 Å². The van der Waals surface area contributed by atoms with Crippen LogP contribution in [0.4, 0.5) is 0 Å². The summed E-state index contributed by atoms with van der Waals surface area (Å²) < 4.78 is 1.18. The number of rotatable bonds is 3. The second kappa shape index (κ2) is 5.57. The van der Waals surface area contributed by atoms with E-state index < -0.39 is 0 Å². The number of nitrogens with one attached hydrogen (secondary N) is 1. The molecule has 3 atom stereocenters. The van der Waals surface area contributed by atoms with Crippen LogP contribution in [0, 0.1) is 11.8 Å². The monoisotopic (exact) mass is 321 g/mol. The van der Waals surface area contributed by atoms with Gasteiger partial charge < -0.3 is 5.32 Å². The van der Waals surface area contributed by atoms with Gasteiger partial charge in [-0.15, -0.1) is 0 Å². The molecule has 3 unspecified atom stereocenters. The van der Waals surface area contributed by atoms with E-state index in [1.165, 1.54) is 35.7 Å². The normalized spacial score (nSPS) is 38.2. The molecule has 2 fully saturated rings. The molecule has 19 heavy (non-hydrogen) atoms. The SMILES string of the molecule is CC1CCC(NC2CC(c3ccc(Br)cc3)C2)C1C. The van der Waals surface area contributed by atoms with Gasteiger partial charge in [0.1, 0.15) is 0 Å².